The van der Waals surface area contributed by atoms with Crippen molar-refractivity contribution < 1.29 is 0 Å². The Morgan fingerprint density at radius 3 is 0.962 bits per heavy atom. The summed E-state index contributed by atoms with van der Waals surface area (Å²) in [5.41, 5.74) is 0.586. The maximum absolute atomic E-state index is 2.68. The van der Waals surface area contributed by atoms with Crippen molar-refractivity contribution in [3.8, 4) is 0 Å². The fourth-order valence-electron chi connectivity index (χ4n) is 8.97. The summed E-state index contributed by atoms with van der Waals surface area (Å²) in [6.07, 6.45) is 31.7. The molecule has 4 rings (SSSR count). The first kappa shape index (κ1) is 43.5. The Kier molecular flexibility index (Phi) is 21.1. The minimum atomic E-state index is -1.74. The standard InChI is InChI=1S/C51H76P2/c1-4-6-8-10-12-14-16-18-20-34-44-52(48-36-26-22-27-37-48,49-38-28-23-29-39-49)46-47(3)53(50-40-30-24-31-41-50,51-42-32-25-33-43-51)45-35-21-19-17-15-13-11-9-7-5-2/h22-33,36-43,47H,4-21,34-35,44-46H2,1-3H3/q+2. The van der Waals surface area contributed by atoms with Gasteiger partial charge >= 0.3 is 0 Å². The van der Waals surface area contributed by atoms with Crippen molar-refractivity contribution in [1.29, 1.82) is 0 Å². The molecule has 0 aliphatic heterocycles. The third kappa shape index (κ3) is 13.8. The van der Waals surface area contributed by atoms with Crippen molar-refractivity contribution in [3.05, 3.63) is 121 Å². The Labute approximate surface area is 329 Å². The second-order valence-electron chi connectivity index (χ2n) is 16.0. The van der Waals surface area contributed by atoms with E-state index in [4.69, 9.17) is 0 Å². The van der Waals surface area contributed by atoms with Gasteiger partial charge in [0.15, 0.2) is 0 Å². The molecule has 0 nitrogen and oxygen atoms in total. The van der Waals surface area contributed by atoms with Crippen molar-refractivity contribution in [2.45, 2.75) is 155 Å². The molecule has 0 N–H and O–H groups in total. The molecule has 1 unspecified atom stereocenters. The Morgan fingerprint density at radius 1 is 0.340 bits per heavy atom. The summed E-state index contributed by atoms with van der Waals surface area (Å²) in [5, 5.41) is 6.47. The molecule has 0 saturated heterocycles. The number of benzene rings is 4. The zero-order chi connectivity index (χ0) is 37.3. The lowest BCUT2D eigenvalue weighted by Gasteiger charge is -2.37. The SMILES string of the molecule is CCCCCCCCCCCC[P+](CC(C)[P+](CCCCCCCCCCCC)(c1ccccc1)c1ccccc1)(c1ccccc1)c1ccccc1. The quantitative estimate of drug-likeness (QED) is 0.0383. The lowest BCUT2D eigenvalue weighted by atomic mass is 10.1. The third-order valence-corrected chi connectivity index (χ3v) is 22.3. The Morgan fingerprint density at radius 2 is 0.623 bits per heavy atom. The van der Waals surface area contributed by atoms with E-state index in [1.165, 1.54) is 147 Å². The monoisotopic (exact) mass is 751 g/mol. The van der Waals surface area contributed by atoms with E-state index in [-0.39, 0.29) is 0 Å². The van der Waals surface area contributed by atoms with Crippen LogP contribution >= 0.6 is 14.5 Å². The highest BCUT2D eigenvalue weighted by atomic mass is 31.2. The number of rotatable bonds is 29. The molecule has 4 aromatic rings. The summed E-state index contributed by atoms with van der Waals surface area (Å²) >= 11 is 0. The van der Waals surface area contributed by atoms with E-state index in [9.17, 15) is 0 Å². The van der Waals surface area contributed by atoms with Crippen LogP contribution in [0.4, 0.5) is 0 Å². The molecule has 0 aliphatic carbocycles. The molecule has 0 amide bonds. The Balaban J connectivity index is 1.61. The van der Waals surface area contributed by atoms with Crippen LogP contribution in [0, 0.1) is 0 Å². The van der Waals surface area contributed by atoms with Crippen LogP contribution in [-0.2, 0) is 0 Å². The van der Waals surface area contributed by atoms with Crippen LogP contribution < -0.4 is 21.2 Å². The predicted molar refractivity (Wildman–Crippen MR) is 246 cm³/mol. The maximum atomic E-state index is 2.68. The summed E-state index contributed by atoms with van der Waals surface area (Å²) in [7, 11) is -3.45. The van der Waals surface area contributed by atoms with Crippen LogP contribution in [0.2, 0.25) is 0 Å². The lowest BCUT2D eigenvalue weighted by molar-refractivity contribution is 0.562. The minimum absolute atomic E-state index is 0.586. The van der Waals surface area contributed by atoms with Crippen LogP contribution in [0.1, 0.15) is 149 Å². The van der Waals surface area contributed by atoms with Gasteiger partial charge in [-0.2, -0.15) is 0 Å². The summed E-state index contributed by atoms with van der Waals surface area (Å²) in [4.78, 5) is 0. The zero-order valence-electron chi connectivity index (χ0n) is 34.3. The van der Waals surface area contributed by atoms with Gasteiger partial charge in [0.1, 0.15) is 11.8 Å². The fraction of sp³-hybridized carbons (Fsp3) is 0.529. The Hall–Kier alpha value is -2.26. The molecule has 0 aromatic heterocycles. The molecule has 0 bridgehead atoms. The molecule has 1 atom stereocenters. The lowest BCUT2D eigenvalue weighted by Crippen LogP contribution is -2.38. The minimum Gasteiger partial charge on any atom is -0.0654 e. The van der Waals surface area contributed by atoms with Crippen LogP contribution in [0.25, 0.3) is 0 Å². The van der Waals surface area contributed by atoms with Gasteiger partial charge in [0.05, 0.1) is 48.1 Å². The van der Waals surface area contributed by atoms with Crippen LogP contribution in [0.5, 0.6) is 0 Å². The number of hydrogen-bond acceptors (Lipinski definition) is 0. The van der Waals surface area contributed by atoms with E-state index >= 15 is 0 Å². The summed E-state index contributed by atoms with van der Waals surface area (Å²) in [6.45, 7) is 7.32. The highest BCUT2D eigenvalue weighted by Gasteiger charge is 2.54. The molecule has 0 fully saturated rings. The molecular formula is C51H76P2+2. The van der Waals surface area contributed by atoms with E-state index in [1.807, 2.05) is 0 Å². The van der Waals surface area contributed by atoms with E-state index in [1.54, 1.807) is 21.2 Å². The second-order valence-corrected chi connectivity index (χ2v) is 23.9. The molecular weight excluding hydrogens is 675 g/mol. The second kappa shape index (κ2) is 25.8. The van der Waals surface area contributed by atoms with Gasteiger partial charge in [-0.05, 0) is 81.1 Å². The van der Waals surface area contributed by atoms with E-state index < -0.39 is 14.5 Å². The first-order valence-corrected chi connectivity index (χ1v) is 26.3. The summed E-state index contributed by atoms with van der Waals surface area (Å²) in [5.74, 6) is 0. The van der Waals surface area contributed by atoms with Gasteiger partial charge in [-0.3, -0.25) is 0 Å². The van der Waals surface area contributed by atoms with E-state index in [0.717, 1.165) is 0 Å². The van der Waals surface area contributed by atoms with Crippen molar-refractivity contribution in [2.75, 3.05) is 18.5 Å². The molecule has 4 aromatic carbocycles. The first-order chi connectivity index (χ1) is 26.2. The van der Waals surface area contributed by atoms with Gasteiger partial charge in [-0.1, -0.05) is 189 Å². The molecule has 288 valence electrons. The van der Waals surface area contributed by atoms with Crippen LogP contribution in [0.15, 0.2) is 121 Å². The molecule has 0 heterocycles. The molecule has 0 saturated carbocycles. The van der Waals surface area contributed by atoms with Gasteiger partial charge in [0.25, 0.3) is 0 Å². The highest BCUT2D eigenvalue weighted by molar-refractivity contribution is 7.93. The number of hydrogen-bond donors (Lipinski definition) is 0. The molecule has 0 aliphatic rings. The normalized spacial score (nSPS) is 12.6. The average molecular weight is 751 g/mol. The number of unbranched alkanes of at least 4 members (excludes halogenated alkanes) is 18. The molecule has 53 heavy (non-hydrogen) atoms. The van der Waals surface area contributed by atoms with Gasteiger partial charge in [0.2, 0.25) is 0 Å². The zero-order valence-corrected chi connectivity index (χ0v) is 36.1. The van der Waals surface area contributed by atoms with Gasteiger partial charge < -0.3 is 0 Å². The van der Waals surface area contributed by atoms with Crippen molar-refractivity contribution >= 4 is 35.7 Å². The van der Waals surface area contributed by atoms with Crippen molar-refractivity contribution in [2.24, 2.45) is 0 Å². The van der Waals surface area contributed by atoms with Gasteiger partial charge in [-0.25, -0.2) is 0 Å². The fourth-order valence-corrected chi connectivity index (χ4v) is 19.9. The largest absolute Gasteiger partial charge is 0.110 e. The molecule has 0 spiro atoms. The van der Waals surface area contributed by atoms with E-state index in [0.29, 0.717) is 5.66 Å². The van der Waals surface area contributed by atoms with Gasteiger partial charge in [0, 0.05) is 0 Å². The summed E-state index contributed by atoms with van der Waals surface area (Å²) < 4.78 is 0. The van der Waals surface area contributed by atoms with Crippen molar-refractivity contribution in [1.82, 2.24) is 0 Å². The smallest absolute Gasteiger partial charge is 0.0654 e. The maximum Gasteiger partial charge on any atom is 0.110 e. The highest BCUT2D eigenvalue weighted by Crippen LogP contribution is 2.68. The van der Waals surface area contributed by atoms with Crippen LogP contribution in [0.3, 0.4) is 0 Å². The predicted octanol–water partition coefficient (Wildman–Crippen LogP) is 14.6. The van der Waals surface area contributed by atoms with E-state index in [2.05, 4.69) is 142 Å². The van der Waals surface area contributed by atoms with Crippen LogP contribution in [-0.4, -0.2) is 24.1 Å². The Bertz CT molecular complexity index is 1360. The van der Waals surface area contributed by atoms with Crippen molar-refractivity contribution in [3.63, 3.8) is 0 Å². The average Bonchev–Trinajstić information content (AvgIpc) is 3.21. The summed E-state index contributed by atoms with van der Waals surface area (Å²) in [6, 6.07) is 47.4. The molecule has 0 radical (unpaired) electrons. The topological polar surface area (TPSA) is 0 Å². The first-order valence-electron chi connectivity index (χ1n) is 22.1. The molecule has 2 heteroatoms. The van der Waals surface area contributed by atoms with Gasteiger partial charge in [-0.15, -0.1) is 0 Å². The third-order valence-electron chi connectivity index (χ3n) is 12.0.